The smallest absolute Gasteiger partial charge is 0.262 e. The van der Waals surface area contributed by atoms with Crippen LogP contribution >= 0.6 is 11.8 Å². The van der Waals surface area contributed by atoms with E-state index in [-0.39, 0.29) is 29.7 Å². The van der Waals surface area contributed by atoms with E-state index in [9.17, 15) is 9.59 Å². The molecule has 2 aromatic carbocycles. The molecule has 4 rings (SSSR count). The lowest BCUT2D eigenvalue weighted by Crippen LogP contribution is -2.25. The molecule has 0 aliphatic carbocycles. The maximum Gasteiger partial charge on any atom is 0.262 e. The van der Waals surface area contributed by atoms with Gasteiger partial charge < -0.3 is 4.74 Å². The summed E-state index contributed by atoms with van der Waals surface area (Å²) < 4.78 is 6.98. The minimum Gasteiger partial charge on any atom is -0.496 e. The summed E-state index contributed by atoms with van der Waals surface area (Å²) in [6.07, 6.45) is 1.30. The van der Waals surface area contributed by atoms with E-state index >= 15 is 0 Å². The third-order valence-electron chi connectivity index (χ3n) is 4.35. The van der Waals surface area contributed by atoms with Crippen molar-refractivity contribution in [3.8, 4) is 5.75 Å². The average molecular weight is 422 g/mol. The number of benzene rings is 2. The topological polar surface area (TPSA) is 115 Å². The van der Waals surface area contributed by atoms with E-state index in [1.165, 1.54) is 18.1 Å². The Kier molecular flexibility index (Phi) is 5.75. The van der Waals surface area contributed by atoms with Crippen molar-refractivity contribution in [3.05, 3.63) is 70.8 Å². The van der Waals surface area contributed by atoms with Gasteiger partial charge in [-0.1, -0.05) is 42.1 Å². The van der Waals surface area contributed by atoms with Crippen LogP contribution in [-0.2, 0) is 11.3 Å². The minimum atomic E-state index is -0.289. The van der Waals surface area contributed by atoms with Crippen LogP contribution in [0.15, 0.2) is 64.8 Å². The Morgan fingerprint density at radius 1 is 1.20 bits per heavy atom. The molecule has 0 fully saturated rings. The Balaban J connectivity index is 1.67. The zero-order chi connectivity index (χ0) is 20.9. The number of nitrogens with zero attached hydrogens (tertiary/aromatic N) is 4. The van der Waals surface area contributed by atoms with Crippen LogP contribution in [0.4, 0.5) is 5.95 Å². The molecule has 9 nitrogen and oxygen atoms in total. The maximum atomic E-state index is 13.2. The van der Waals surface area contributed by atoms with Gasteiger partial charge in [0.25, 0.3) is 5.56 Å². The average Bonchev–Trinajstić information content (AvgIpc) is 3.28. The van der Waals surface area contributed by atoms with Crippen molar-refractivity contribution in [2.45, 2.75) is 11.7 Å². The van der Waals surface area contributed by atoms with Gasteiger partial charge >= 0.3 is 0 Å². The number of hydrogen-bond acceptors (Lipinski definition) is 7. The molecule has 2 N–H and O–H groups in total. The molecule has 152 valence electrons. The van der Waals surface area contributed by atoms with E-state index in [0.29, 0.717) is 21.8 Å². The number of H-pyrrole nitrogens is 1. The fraction of sp³-hybridized carbons (Fsp3) is 0.150. The number of anilines is 1. The molecule has 2 heterocycles. The second-order valence-electron chi connectivity index (χ2n) is 6.29. The van der Waals surface area contributed by atoms with Crippen LogP contribution < -0.4 is 15.6 Å². The Morgan fingerprint density at radius 2 is 2.00 bits per heavy atom. The lowest BCUT2D eigenvalue weighted by Gasteiger charge is -2.15. The lowest BCUT2D eigenvalue weighted by molar-refractivity contribution is -0.113. The summed E-state index contributed by atoms with van der Waals surface area (Å²) in [6.45, 7) is 0.271. The van der Waals surface area contributed by atoms with Crippen molar-refractivity contribution < 1.29 is 9.53 Å². The summed E-state index contributed by atoms with van der Waals surface area (Å²) in [6, 6.07) is 14.6. The van der Waals surface area contributed by atoms with Crippen LogP contribution in [0.1, 0.15) is 5.56 Å². The zero-order valence-electron chi connectivity index (χ0n) is 16.0. The van der Waals surface area contributed by atoms with E-state index in [4.69, 9.17) is 4.74 Å². The summed E-state index contributed by atoms with van der Waals surface area (Å²) >= 11 is 1.18. The summed E-state index contributed by atoms with van der Waals surface area (Å²) in [5.41, 5.74) is 1.24. The van der Waals surface area contributed by atoms with Gasteiger partial charge in [-0.05, 0) is 18.2 Å². The second kappa shape index (κ2) is 8.78. The zero-order valence-corrected chi connectivity index (χ0v) is 16.8. The van der Waals surface area contributed by atoms with Gasteiger partial charge in [-0.15, -0.1) is 0 Å². The van der Waals surface area contributed by atoms with Crippen LogP contribution in [0, 0.1) is 0 Å². The Labute approximate surface area is 175 Å². The van der Waals surface area contributed by atoms with Gasteiger partial charge in [0.2, 0.25) is 11.9 Å². The fourth-order valence-corrected chi connectivity index (χ4v) is 3.76. The molecule has 0 saturated heterocycles. The molecule has 0 aliphatic heterocycles. The molecule has 2 aromatic heterocycles. The van der Waals surface area contributed by atoms with Gasteiger partial charge in [0.05, 0.1) is 30.3 Å². The third kappa shape index (κ3) is 4.18. The third-order valence-corrected chi connectivity index (χ3v) is 5.33. The van der Waals surface area contributed by atoms with Gasteiger partial charge in [-0.3, -0.25) is 19.5 Å². The number of ether oxygens (including phenoxy) is 1. The van der Waals surface area contributed by atoms with Gasteiger partial charge in [0, 0.05) is 5.56 Å². The molecule has 0 saturated carbocycles. The summed E-state index contributed by atoms with van der Waals surface area (Å²) in [5, 5.41) is 9.82. The van der Waals surface area contributed by atoms with Crippen molar-refractivity contribution in [1.29, 1.82) is 0 Å². The highest BCUT2D eigenvalue weighted by molar-refractivity contribution is 7.99. The van der Waals surface area contributed by atoms with E-state index < -0.39 is 0 Å². The molecule has 0 radical (unpaired) electrons. The molecule has 0 spiro atoms. The van der Waals surface area contributed by atoms with Crippen molar-refractivity contribution in [3.63, 3.8) is 0 Å². The molecular formula is C20H18N6O3S. The van der Waals surface area contributed by atoms with Crippen LogP contribution in [-0.4, -0.2) is 43.5 Å². The number of hydrogen-bond donors (Lipinski definition) is 2. The fourth-order valence-electron chi connectivity index (χ4n) is 2.97. The van der Waals surface area contributed by atoms with Gasteiger partial charge in [0.1, 0.15) is 12.1 Å². The van der Waals surface area contributed by atoms with Crippen LogP contribution in [0.5, 0.6) is 5.75 Å². The first-order valence-electron chi connectivity index (χ1n) is 9.05. The summed E-state index contributed by atoms with van der Waals surface area (Å²) in [7, 11) is 1.59. The number of nitrogens with one attached hydrogen (secondary N) is 2. The Hall–Kier alpha value is -3.66. The van der Waals surface area contributed by atoms with E-state index in [0.717, 1.165) is 5.56 Å². The van der Waals surface area contributed by atoms with Crippen LogP contribution in [0.25, 0.3) is 10.9 Å². The molecule has 0 unspecified atom stereocenters. The highest BCUT2D eigenvalue weighted by Gasteiger charge is 2.15. The SMILES string of the molecule is COc1ccccc1Cn1c(SCC(=O)Nc2ncn[nH]2)nc2ccccc2c1=O. The first kappa shape index (κ1) is 19.6. The van der Waals surface area contributed by atoms with Crippen molar-refractivity contribution in [2.75, 3.05) is 18.2 Å². The number of aromatic amines is 1. The summed E-state index contributed by atoms with van der Waals surface area (Å²) in [4.78, 5) is 33.9. The van der Waals surface area contributed by atoms with E-state index in [1.807, 2.05) is 30.3 Å². The first-order chi connectivity index (χ1) is 14.7. The first-order valence-corrected chi connectivity index (χ1v) is 10.0. The quantitative estimate of drug-likeness (QED) is 0.347. The normalized spacial score (nSPS) is 10.8. The van der Waals surface area contributed by atoms with E-state index in [2.05, 4.69) is 25.5 Å². The van der Waals surface area contributed by atoms with Crippen molar-refractivity contribution >= 4 is 34.5 Å². The van der Waals surface area contributed by atoms with Crippen molar-refractivity contribution in [2.24, 2.45) is 0 Å². The Bertz CT molecular complexity index is 1240. The monoisotopic (exact) mass is 422 g/mol. The molecule has 4 aromatic rings. The van der Waals surface area contributed by atoms with Crippen LogP contribution in [0.2, 0.25) is 0 Å². The van der Waals surface area contributed by atoms with Gasteiger partial charge in [-0.25, -0.2) is 10.1 Å². The standard InChI is InChI=1S/C20H18N6O3S/c1-29-16-9-5-2-6-13(16)10-26-18(28)14-7-3-4-8-15(14)23-20(26)30-11-17(27)24-19-21-12-22-25-19/h2-9,12H,10-11H2,1H3,(H2,21,22,24,25,27). The second-order valence-corrected chi connectivity index (χ2v) is 7.23. The highest BCUT2D eigenvalue weighted by atomic mass is 32.2. The summed E-state index contributed by atoms with van der Waals surface area (Å²) in [5.74, 6) is 0.704. The number of thioether (sulfide) groups is 1. The molecule has 0 bridgehead atoms. The molecular weight excluding hydrogens is 404 g/mol. The predicted molar refractivity (Wildman–Crippen MR) is 114 cm³/mol. The molecule has 10 heteroatoms. The van der Waals surface area contributed by atoms with Gasteiger partial charge in [0.15, 0.2) is 5.16 Å². The number of carbonyl (C=O) groups excluding carboxylic acids is 1. The van der Waals surface area contributed by atoms with E-state index in [1.54, 1.807) is 29.9 Å². The number of fused-ring (bicyclic) bond motifs is 1. The number of methoxy groups -OCH3 is 1. The molecule has 1 amide bonds. The lowest BCUT2D eigenvalue weighted by atomic mass is 10.2. The number of rotatable bonds is 7. The molecule has 0 aliphatic rings. The molecule has 0 atom stereocenters. The maximum absolute atomic E-state index is 13.2. The number of para-hydroxylation sites is 2. The number of carbonyl (C=O) groups is 1. The van der Waals surface area contributed by atoms with Gasteiger partial charge in [-0.2, -0.15) is 10.1 Å². The van der Waals surface area contributed by atoms with Crippen LogP contribution in [0.3, 0.4) is 0 Å². The number of aromatic nitrogens is 5. The predicted octanol–water partition coefficient (Wildman–Crippen LogP) is 2.30. The van der Waals surface area contributed by atoms with Crippen molar-refractivity contribution in [1.82, 2.24) is 24.7 Å². The largest absolute Gasteiger partial charge is 0.496 e. The minimum absolute atomic E-state index is 0.0530. The molecule has 30 heavy (non-hydrogen) atoms. The highest BCUT2D eigenvalue weighted by Crippen LogP contribution is 2.23. The Morgan fingerprint density at radius 3 is 2.80 bits per heavy atom. The number of amides is 1.